The lowest BCUT2D eigenvalue weighted by Crippen LogP contribution is -2.08. The van der Waals surface area contributed by atoms with E-state index in [1.165, 1.54) is 5.56 Å². The van der Waals surface area contributed by atoms with Crippen molar-refractivity contribution in [2.75, 3.05) is 12.4 Å². The highest BCUT2D eigenvalue weighted by Gasteiger charge is 2.03. The molecule has 0 fully saturated rings. The molecule has 0 aliphatic carbocycles. The monoisotopic (exact) mass is 295 g/mol. The van der Waals surface area contributed by atoms with Crippen molar-refractivity contribution in [1.29, 1.82) is 0 Å². The molecule has 0 aliphatic rings. The van der Waals surface area contributed by atoms with Gasteiger partial charge in [-0.15, -0.1) is 0 Å². The number of ether oxygens (including phenoxy) is 1. The van der Waals surface area contributed by atoms with Gasteiger partial charge >= 0.3 is 0 Å². The number of hydrogen-bond acceptors (Lipinski definition) is 2. The second kappa shape index (κ2) is 8.67. The van der Waals surface area contributed by atoms with Crippen LogP contribution in [0.15, 0.2) is 66.7 Å². The van der Waals surface area contributed by atoms with Crippen LogP contribution in [0.4, 0.5) is 5.69 Å². The molecular weight excluding hydrogens is 274 g/mol. The Balaban J connectivity index is 1.75. The molecule has 22 heavy (non-hydrogen) atoms. The van der Waals surface area contributed by atoms with Crippen LogP contribution in [0.2, 0.25) is 0 Å². The number of anilines is 1. The van der Waals surface area contributed by atoms with Gasteiger partial charge < -0.3 is 10.1 Å². The smallest absolute Gasteiger partial charge is 0.248 e. The van der Waals surface area contributed by atoms with Crippen molar-refractivity contribution in [2.24, 2.45) is 0 Å². The van der Waals surface area contributed by atoms with E-state index in [1.54, 1.807) is 13.2 Å². The van der Waals surface area contributed by atoms with Crippen molar-refractivity contribution in [2.45, 2.75) is 19.3 Å². The summed E-state index contributed by atoms with van der Waals surface area (Å²) in [6.07, 6.45) is 6.43. The van der Waals surface area contributed by atoms with Gasteiger partial charge in [0.05, 0.1) is 12.8 Å². The molecule has 0 spiro atoms. The van der Waals surface area contributed by atoms with Crippen LogP contribution < -0.4 is 10.1 Å². The number of methoxy groups -OCH3 is 1. The zero-order valence-electron chi connectivity index (χ0n) is 12.8. The third-order valence-corrected chi connectivity index (χ3v) is 3.31. The summed E-state index contributed by atoms with van der Waals surface area (Å²) >= 11 is 0. The van der Waals surface area contributed by atoms with Crippen LogP contribution in [0.3, 0.4) is 0 Å². The summed E-state index contributed by atoms with van der Waals surface area (Å²) in [6.45, 7) is 0. The van der Waals surface area contributed by atoms with Crippen molar-refractivity contribution in [3.05, 3.63) is 72.3 Å². The summed E-state index contributed by atoms with van der Waals surface area (Å²) in [6, 6.07) is 17.7. The first-order chi connectivity index (χ1) is 10.8. The van der Waals surface area contributed by atoms with E-state index in [1.807, 2.05) is 48.5 Å². The highest BCUT2D eigenvalue weighted by molar-refractivity contribution is 6.00. The molecule has 0 saturated carbocycles. The van der Waals surface area contributed by atoms with Crippen LogP contribution in [0.1, 0.15) is 18.4 Å². The Morgan fingerprint density at radius 3 is 2.59 bits per heavy atom. The predicted molar refractivity (Wildman–Crippen MR) is 90.1 cm³/mol. The second-order valence-corrected chi connectivity index (χ2v) is 4.97. The maximum Gasteiger partial charge on any atom is 0.248 e. The number of para-hydroxylation sites is 2. The molecule has 0 aromatic heterocycles. The zero-order valence-corrected chi connectivity index (χ0v) is 12.8. The zero-order chi connectivity index (χ0) is 15.6. The Morgan fingerprint density at radius 2 is 1.82 bits per heavy atom. The SMILES string of the molecule is COc1ccccc1NC(=O)C=CCCCc1ccccc1. The third-order valence-electron chi connectivity index (χ3n) is 3.31. The molecule has 2 rings (SSSR count). The lowest BCUT2D eigenvalue weighted by Gasteiger charge is -2.07. The molecule has 1 amide bonds. The van der Waals surface area contributed by atoms with E-state index < -0.39 is 0 Å². The van der Waals surface area contributed by atoms with Gasteiger partial charge in [0.15, 0.2) is 0 Å². The minimum Gasteiger partial charge on any atom is -0.495 e. The fourth-order valence-corrected chi connectivity index (χ4v) is 2.18. The predicted octanol–water partition coefficient (Wildman–Crippen LogP) is 4.21. The summed E-state index contributed by atoms with van der Waals surface area (Å²) in [5.41, 5.74) is 2.01. The van der Waals surface area contributed by atoms with Gasteiger partial charge in [-0.2, -0.15) is 0 Å². The van der Waals surface area contributed by atoms with Gasteiger partial charge in [-0.1, -0.05) is 48.5 Å². The fraction of sp³-hybridized carbons (Fsp3) is 0.211. The molecule has 0 aliphatic heterocycles. The minimum absolute atomic E-state index is 0.135. The van der Waals surface area contributed by atoms with Gasteiger partial charge in [0.25, 0.3) is 0 Å². The van der Waals surface area contributed by atoms with Gasteiger partial charge in [-0.25, -0.2) is 0 Å². The van der Waals surface area contributed by atoms with Crippen molar-refractivity contribution in [3.63, 3.8) is 0 Å². The van der Waals surface area contributed by atoms with Crippen LogP contribution in [-0.4, -0.2) is 13.0 Å². The van der Waals surface area contributed by atoms with Crippen LogP contribution in [-0.2, 0) is 11.2 Å². The number of rotatable bonds is 7. The van der Waals surface area contributed by atoms with E-state index in [4.69, 9.17) is 4.74 Å². The lowest BCUT2D eigenvalue weighted by molar-refractivity contribution is -0.111. The van der Waals surface area contributed by atoms with Crippen LogP contribution in [0.25, 0.3) is 0 Å². The van der Waals surface area contributed by atoms with Crippen molar-refractivity contribution in [3.8, 4) is 5.75 Å². The topological polar surface area (TPSA) is 38.3 Å². The number of hydrogen-bond donors (Lipinski definition) is 1. The number of unbranched alkanes of at least 4 members (excludes halogenated alkanes) is 1. The maximum absolute atomic E-state index is 11.9. The molecule has 0 unspecified atom stereocenters. The molecule has 0 radical (unpaired) electrons. The van der Waals surface area contributed by atoms with Crippen LogP contribution in [0, 0.1) is 0 Å². The highest BCUT2D eigenvalue weighted by Crippen LogP contribution is 2.22. The number of nitrogens with one attached hydrogen (secondary N) is 1. The summed E-state index contributed by atoms with van der Waals surface area (Å²) in [5.74, 6) is 0.525. The number of amides is 1. The summed E-state index contributed by atoms with van der Waals surface area (Å²) in [5, 5.41) is 2.82. The van der Waals surface area contributed by atoms with Crippen molar-refractivity contribution < 1.29 is 9.53 Å². The molecule has 0 bridgehead atoms. The second-order valence-electron chi connectivity index (χ2n) is 4.97. The third kappa shape index (κ3) is 5.09. The van der Waals surface area contributed by atoms with Crippen LogP contribution in [0.5, 0.6) is 5.75 Å². The lowest BCUT2D eigenvalue weighted by atomic mass is 10.1. The molecule has 3 heteroatoms. The number of carbonyl (C=O) groups is 1. The molecule has 1 N–H and O–H groups in total. The Hall–Kier alpha value is -2.55. The molecule has 2 aromatic rings. The first-order valence-corrected chi connectivity index (χ1v) is 7.44. The summed E-state index contributed by atoms with van der Waals surface area (Å²) in [4.78, 5) is 11.9. The Labute approximate surface area is 131 Å². The largest absolute Gasteiger partial charge is 0.495 e. The normalized spacial score (nSPS) is 10.6. The summed E-state index contributed by atoms with van der Waals surface area (Å²) in [7, 11) is 1.59. The van der Waals surface area contributed by atoms with E-state index in [0.717, 1.165) is 19.3 Å². The van der Waals surface area contributed by atoms with Gasteiger partial charge in [0.1, 0.15) is 5.75 Å². The quantitative estimate of drug-likeness (QED) is 0.613. The van der Waals surface area contributed by atoms with E-state index in [-0.39, 0.29) is 5.91 Å². The first-order valence-electron chi connectivity index (χ1n) is 7.44. The number of benzene rings is 2. The minimum atomic E-state index is -0.135. The summed E-state index contributed by atoms with van der Waals surface area (Å²) < 4.78 is 5.20. The van der Waals surface area contributed by atoms with E-state index in [9.17, 15) is 4.79 Å². The maximum atomic E-state index is 11.9. The highest BCUT2D eigenvalue weighted by atomic mass is 16.5. The fourth-order valence-electron chi connectivity index (χ4n) is 2.18. The molecule has 0 atom stereocenters. The van der Waals surface area contributed by atoms with E-state index in [2.05, 4.69) is 17.4 Å². The molecule has 2 aromatic carbocycles. The van der Waals surface area contributed by atoms with Crippen LogP contribution >= 0.6 is 0 Å². The molecule has 3 nitrogen and oxygen atoms in total. The molecule has 0 heterocycles. The van der Waals surface area contributed by atoms with E-state index in [0.29, 0.717) is 11.4 Å². The first kappa shape index (κ1) is 15.8. The van der Waals surface area contributed by atoms with Gasteiger partial charge in [0, 0.05) is 0 Å². The molecular formula is C19H21NO2. The van der Waals surface area contributed by atoms with Gasteiger partial charge in [0.2, 0.25) is 5.91 Å². The van der Waals surface area contributed by atoms with Gasteiger partial charge in [-0.3, -0.25) is 4.79 Å². The molecule has 0 saturated heterocycles. The molecule has 114 valence electrons. The van der Waals surface area contributed by atoms with Crippen molar-refractivity contribution in [1.82, 2.24) is 0 Å². The number of carbonyl (C=O) groups excluding carboxylic acids is 1. The Morgan fingerprint density at radius 1 is 1.09 bits per heavy atom. The van der Waals surface area contributed by atoms with Gasteiger partial charge in [-0.05, 0) is 43.0 Å². The number of aryl methyl sites for hydroxylation is 1. The average molecular weight is 295 g/mol. The Kier molecular flexibility index (Phi) is 6.24. The van der Waals surface area contributed by atoms with Crippen molar-refractivity contribution >= 4 is 11.6 Å². The average Bonchev–Trinajstić information content (AvgIpc) is 2.56. The standard InChI is InChI=1S/C19H21NO2/c1-22-18-14-9-8-13-17(18)20-19(21)15-7-3-6-12-16-10-4-2-5-11-16/h2,4-5,7-11,13-15H,3,6,12H2,1H3,(H,20,21). The Bertz CT molecular complexity index is 620. The number of allylic oxidation sites excluding steroid dienone is 1. The van der Waals surface area contributed by atoms with E-state index >= 15 is 0 Å².